The van der Waals surface area contributed by atoms with Crippen LogP contribution in [0.4, 0.5) is 0 Å². The Morgan fingerprint density at radius 2 is 1.08 bits per heavy atom. The maximum atomic E-state index is 10.9. The normalized spacial score (nSPS) is 11.8. The van der Waals surface area contributed by atoms with E-state index in [0.29, 0.717) is 11.5 Å². The van der Waals surface area contributed by atoms with Crippen LogP contribution in [0.25, 0.3) is 0 Å². The molecule has 0 amide bonds. The molecule has 0 atom stereocenters. The van der Waals surface area contributed by atoms with Crippen LogP contribution in [0, 0.1) is 0 Å². The van der Waals surface area contributed by atoms with Gasteiger partial charge in [0.15, 0.2) is 0 Å². The summed E-state index contributed by atoms with van der Waals surface area (Å²) in [5.41, 5.74) is 7.11. The van der Waals surface area contributed by atoms with Crippen LogP contribution in [0.1, 0.15) is 74.9 Å². The summed E-state index contributed by atoms with van der Waals surface area (Å²) in [7, 11) is 0. The molecule has 0 saturated carbocycles. The van der Waals surface area contributed by atoms with Crippen molar-refractivity contribution in [3.05, 3.63) is 57.6 Å². The zero-order chi connectivity index (χ0) is 18.8. The second kappa shape index (κ2) is 7.51. The fourth-order valence-corrected chi connectivity index (χ4v) is 4.27. The zero-order valence-corrected chi connectivity index (χ0v) is 16.5. The highest BCUT2D eigenvalue weighted by Gasteiger charge is 2.32. The van der Waals surface area contributed by atoms with Crippen LogP contribution in [0.5, 0.6) is 11.5 Å². The van der Waals surface area contributed by atoms with E-state index in [-0.39, 0.29) is 5.41 Å². The number of rotatable bonds is 6. The van der Waals surface area contributed by atoms with Crippen molar-refractivity contribution in [2.75, 3.05) is 0 Å². The Morgan fingerprint density at radius 1 is 0.680 bits per heavy atom. The number of hydrogen-bond acceptors (Lipinski definition) is 2. The van der Waals surface area contributed by atoms with Gasteiger partial charge in [0.05, 0.1) is 0 Å². The van der Waals surface area contributed by atoms with E-state index in [1.54, 1.807) is 12.1 Å². The molecule has 0 spiro atoms. The smallest absolute Gasteiger partial charge is 0.122 e. The van der Waals surface area contributed by atoms with Crippen molar-refractivity contribution >= 4 is 0 Å². The van der Waals surface area contributed by atoms with Gasteiger partial charge in [-0.05, 0) is 71.2 Å². The first kappa shape index (κ1) is 19.4. The van der Waals surface area contributed by atoms with Crippen molar-refractivity contribution in [3.63, 3.8) is 0 Å². The van der Waals surface area contributed by atoms with E-state index in [1.807, 2.05) is 12.1 Å². The maximum absolute atomic E-state index is 10.9. The fourth-order valence-electron chi connectivity index (χ4n) is 4.27. The molecule has 2 aromatic carbocycles. The van der Waals surface area contributed by atoms with E-state index in [9.17, 15) is 10.2 Å². The first-order valence-electron chi connectivity index (χ1n) is 9.51. The van der Waals surface area contributed by atoms with Crippen molar-refractivity contribution in [1.82, 2.24) is 0 Å². The van der Waals surface area contributed by atoms with E-state index in [0.717, 1.165) is 36.8 Å². The standard InChI is InChI=1S/C23H32O2/c1-7-17-19(9-3)22(25)20(10-4)18(8-2)21(17)23(5,6)15-11-13-16(24)14-12-15/h11-14,24-25H,7-10H2,1-6H3. The molecule has 0 aliphatic rings. The van der Waals surface area contributed by atoms with Crippen molar-refractivity contribution in [2.45, 2.75) is 72.6 Å². The van der Waals surface area contributed by atoms with Crippen molar-refractivity contribution in [3.8, 4) is 11.5 Å². The van der Waals surface area contributed by atoms with Crippen LogP contribution in [-0.4, -0.2) is 10.2 Å². The lowest BCUT2D eigenvalue weighted by atomic mass is 9.70. The van der Waals surface area contributed by atoms with Crippen molar-refractivity contribution in [1.29, 1.82) is 0 Å². The first-order valence-corrected chi connectivity index (χ1v) is 9.51. The van der Waals surface area contributed by atoms with Crippen molar-refractivity contribution < 1.29 is 10.2 Å². The number of aromatic hydroxyl groups is 2. The lowest BCUT2D eigenvalue weighted by molar-refractivity contribution is 0.458. The van der Waals surface area contributed by atoms with Crippen LogP contribution >= 0.6 is 0 Å². The third kappa shape index (κ3) is 3.27. The average molecular weight is 341 g/mol. The molecular formula is C23H32O2. The Kier molecular flexibility index (Phi) is 5.82. The maximum Gasteiger partial charge on any atom is 0.122 e. The van der Waals surface area contributed by atoms with Crippen LogP contribution in [-0.2, 0) is 31.1 Å². The highest BCUT2D eigenvalue weighted by molar-refractivity contribution is 5.60. The Balaban J connectivity index is 2.88. The monoisotopic (exact) mass is 340 g/mol. The third-order valence-corrected chi connectivity index (χ3v) is 5.53. The molecule has 25 heavy (non-hydrogen) atoms. The number of phenolic OH excluding ortho intramolecular Hbond substituents is 2. The lowest BCUT2D eigenvalue weighted by Crippen LogP contribution is -2.25. The Morgan fingerprint density at radius 3 is 1.44 bits per heavy atom. The Bertz CT molecular complexity index is 707. The van der Waals surface area contributed by atoms with Crippen LogP contribution in [0.3, 0.4) is 0 Å². The Labute approximate surface area is 152 Å². The van der Waals surface area contributed by atoms with Crippen LogP contribution < -0.4 is 0 Å². The molecule has 2 aromatic rings. The summed E-state index contributed by atoms with van der Waals surface area (Å²) in [6.07, 6.45) is 3.49. The van der Waals surface area contributed by atoms with E-state index in [2.05, 4.69) is 41.5 Å². The predicted molar refractivity (Wildman–Crippen MR) is 106 cm³/mol. The summed E-state index contributed by atoms with van der Waals surface area (Å²) in [6, 6.07) is 7.54. The molecule has 0 aromatic heterocycles. The molecule has 0 bridgehead atoms. The lowest BCUT2D eigenvalue weighted by Gasteiger charge is -2.34. The molecule has 136 valence electrons. The van der Waals surface area contributed by atoms with Gasteiger partial charge in [0.2, 0.25) is 0 Å². The summed E-state index contributed by atoms with van der Waals surface area (Å²) < 4.78 is 0. The summed E-state index contributed by atoms with van der Waals surface area (Å²) in [5, 5.41) is 20.5. The van der Waals surface area contributed by atoms with Gasteiger partial charge in [-0.3, -0.25) is 0 Å². The summed E-state index contributed by atoms with van der Waals surface area (Å²) in [6.45, 7) is 13.1. The quantitative estimate of drug-likeness (QED) is 0.711. The van der Waals surface area contributed by atoms with Gasteiger partial charge in [-0.15, -0.1) is 0 Å². The topological polar surface area (TPSA) is 40.5 Å². The molecule has 0 fully saturated rings. The molecule has 2 N–H and O–H groups in total. The number of hydrogen-bond donors (Lipinski definition) is 2. The zero-order valence-electron chi connectivity index (χ0n) is 16.5. The van der Waals surface area contributed by atoms with Gasteiger partial charge in [-0.1, -0.05) is 53.7 Å². The second-order valence-corrected chi connectivity index (χ2v) is 7.22. The predicted octanol–water partition coefficient (Wildman–Crippen LogP) is 5.67. The number of phenols is 2. The van der Waals surface area contributed by atoms with Crippen molar-refractivity contribution in [2.24, 2.45) is 0 Å². The minimum absolute atomic E-state index is 0.189. The van der Waals surface area contributed by atoms with Gasteiger partial charge in [-0.2, -0.15) is 0 Å². The van der Waals surface area contributed by atoms with Crippen LogP contribution in [0.2, 0.25) is 0 Å². The molecule has 0 heterocycles. The third-order valence-electron chi connectivity index (χ3n) is 5.53. The van der Waals surface area contributed by atoms with Gasteiger partial charge in [0.25, 0.3) is 0 Å². The van der Waals surface area contributed by atoms with Gasteiger partial charge in [0, 0.05) is 5.41 Å². The Hall–Kier alpha value is -1.96. The summed E-state index contributed by atoms with van der Waals surface area (Å²) in [4.78, 5) is 0. The highest BCUT2D eigenvalue weighted by atomic mass is 16.3. The number of benzene rings is 2. The second-order valence-electron chi connectivity index (χ2n) is 7.22. The highest BCUT2D eigenvalue weighted by Crippen LogP contribution is 2.43. The van der Waals surface area contributed by atoms with Gasteiger partial charge < -0.3 is 10.2 Å². The molecular weight excluding hydrogens is 308 g/mol. The fraction of sp³-hybridized carbons (Fsp3) is 0.478. The summed E-state index contributed by atoms with van der Waals surface area (Å²) >= 11 is 0. The largest absolute Gasteiger partial charge is 0.508 e. The molecule has 0 radical (unpaired) electrons. The SMILES string of the molecule is CCc1c(O)c(CC)c(CC)c(C(C)(C)c2ccc(O)cc2)c1CC. The first-order chi connectivity index (χ1) is 11.8. The summed E-state index contributed by atoms with van der Waals surface area (Å²) in [5.74, 6) is 0.795. The average Bonchev–Trinajstić information content (AvgIpc) is 2.60. The van der Waals surface area contributed by atoms with E-state index >= 15 is 0 Å². The minimum atomic E-state index is -0.189. The molecule has 0 unspecified atom stereocenters. The molecule has 0 saturated heterocycles. The molecule has 2 nitrogen and oxygen atoms in total. The van der Waals surface area contributed by atoms with Gasteiger partial charge in [-0.25, -0.2) is 0 Å². The van der Waals surface area contributed by atoms with E-state index < -0.39 is 0 Å². The molecule has 2 rings (SSSR count). The molecule has 0 aliphatic carbocycles. The molecule has 0 aliphatic heterocycles. The van der Waals surface area contributed by atoms with E-state index in [1.165, 1.54) is 22.3 Å². The van der Waals surface area contributed by atoms with Gasteiger partial charge >= 0.3 is 0 Å². The molecule has 2 heteroatoms. The van der Waals surface area contributed by atoms with Gasteiger partial charge in [0.1, 0.15) is 11.5 Å². The van der Waals surface area contributed by atoms with Crippen LogP contribution in [0.15, 0.2) is 24.3 Å². The van der Waals surface area contributed by atoms with E-state index in [4.69, 9.17) is 0 Å². The minimum Gasteiger partial charge on any atom is -0.508 e.